The van der Waals surface area contributed by atoms with Crippen molar-refractivity contribution < 1.29 is 30.5 Å². The first-order chi connectivity index (χ1) is 21.0. The Morgan fingerprint density at radius 2 is 1.59 bits per heavy atom. The Balaban J connectivity index is 1.41. The second-order valence-corrected chi connectivity index (χ2v) is 15.7. The maximum absolute atomic E-state index is 11.5. The van der Waals surface area contributed by atoms with Crippen molar-refractivity contribution in [1.29, 1.82) is 0 Å². The largest absolute Gasteiger partial charge is 0.748 e. The lowest BCUT2D eigenvalue weighted by molar-refractivity contribution is -0.667. The van der Waals surface area contributed by atoms with E-state index < -0.39 is 26.0 Å². The molecule has 9 nitrogen and oxygen atoms in total. The number of thiazole rings is 1. The highest BCUT2D eigenvalue weighted by Crippen LogP contribution is 2.49. The van der Waals surface area contributed by atoms with Gasteiger partial charge in [-0.3, -0.25) is 4.55 Å². The molecular formula is C31H29N3O6S4. The minimum atomic E-state index is -4.36. The molecule has 0 spiro atoms. The van der Waals surface area contributed by atoms with Crippen LogP contribution in [0.2, 0.25) is 0 Å². The fourth-order valence-corrected chi connectivity index (χ4v) is 8.85. The number of thioether (sulfide) groups is 1. The van der Waals surface area contributed by atoms with E-state index in [1.165, 1.54) is 23.1 Å². The first-order valence-electron chi connectivity index (χ1n) is 13.9. The van der Waals surface area contributed by atoms with Crippen molar-refractivity contribution in [2.75, 3.05) is 23.0 Å². The molecule has 4 aromatic carbocycles. The van der Waals surface area contributed by atoms with E-state index in [1.807, 2.05) is 94.4 Å². The number of rotatable bonds is 10. The van der Waals surface area contributed by atoms with Crippen molar-refractivity contribution >= 4 is 86.9 Å². The van der Waals surface area contributed by atoms with Gasteiger partial charge in [-0.2, -0.15) is 13.0 Å². The van der Waals surface area contributed by atoms with Gasteiger partial charge in [0.25, 0.3) is 15.1 Å². The summed E-state index contributed by atoms with van der Waals surface area (Å²) in [5, 5.41) is 5.75. The van der Waals surface area contributed by atoms with Gasteiger partial charge in [-0.1, -0.05) is 77.7 Å². The fraction of sp³-hybridized carbons (Fsp3) is 0.194. The van der Waals surface area contributed by atoms with E-state index in [9.17, 15) is 25.9 Å². The summed E-state index contributed by atoms with van der Waals surface area (Å²) < 4.78 is 69.4. The number of hydrogen-bond acceptors (Lipinski definition) is 9. The molecular weight excluding hydrogens is 639 g/mol. The van der Waals surface area contributed by atoms with Crippen LogP contribution in [0.3, 0.4) is 0 Å². The molecule has 0 aliphatic carbocycles. The average molecular weight is 668 g/mol. The molecule has 13 heteroatoms. The summed E-state index contributed by atoms with van der Waals surface area (Å²) in [6.45, 7) is 0.671. The molecule has 0 radical (unpaired) electrons. The number of allylic oxidation sites excluding steroid dienone is 1. The molecule has 0 saturated heterocycles. The van der Waals surface area contributed by atoms with Gasteiger partial charge in [0.1, 0.15) is 4.70 Å². The van der Waals surface area contributed by atoms with Gasteiger partial charge < -0.3 is 15.2 Å². The summed E-state index contributed by atoms with van der Waals surface area (Å²) >= 11 is 3.06. The van der Waals surface area contributed by atoms with Gasteiger partial charge in [0.05, 0.1) is 32.0 Å². The first-order valence-corrected chi connectivity index (χ1v) is 18.7. The maximum Gasteiger partial charge on any atom is 0.264 e. The van der Waals surface area contributed by atoms with Crippen LogP contribution in [0.1, 0.15) is 17.8 Å². The molecule has 1 aliphatic rings. The molecule has 44 heavy (non-hydrogen) atoms. The number of fused-ring (bicyclic) bond motifs is 6. The number of nitrogens with two attached hydrogens (primary N) is 1. The first kappa shape index (κ1) is 30.6. The number of nitrogens with zero attached hydrogens (tertiary/aromatic N) is 2. The zero-order valence-electron chi connectivity index (χ0n) is 23.4. The van der Waals surface area contributed by atoms with Crippen molar-refractivity contribution in [2.24, 2.45) is 5.73 Å². The molecule has 0 atom stereocenters. The minimum absolute atomic E-state index is 0.160. The van der Waals surface area contributed by atoms with E-state index in [0.717, 1.165) is 52.4 Å². The lowest BCUT2D eigenvalue weighted by atomic mass is 10.1. The van der Waals surface area contributed by atoms with Gasteiger partial charge in [-0.15, -0.1) is 0 Å². The van der Waals surface area contributed by atoms with Crippen LogP contribution in [-0.2, 0) is 26.8 Å². The van der Waals surface area contributed by atoms with Crippen LogP contribution in [0.4, 0.5) is 5.69 Å². The van der Waals surface area contributed by atoms with Crippen LogP contribution >= 0.6 is 23.1 Å². The van der Waals surface area contributed by atoms with E-state index >= 15 is 0 Å². The normalized spacial score (nSPS) is 15.2. The lowest BCUT2D eigenvalue weighted by Crippen LogP contribution is -2.36. The molecule has 0 saturated carbocycles. The van der Waals surface area contributed by atoms with Gasteiger partial charge in [-0.05, 0) is 41.5 Å². The SMILES string of the molecule is NC(=C\c1sc2ccc3ccccc3c2[n+]1CCCS(=O)(=O)[O-])/C=C1\Sc2ccc3ccccc3c2N1CCCS(=O)(=O)O. The van der Waals surface area contributed by atoms with Crippen molar-refractivity contribution in [1.82, 2.24) is 0 Å². The average Bonchev–Trinajstić information content (AvgIpc) is 3.49. The highest BCUT2D eigenvalue weighted by molar-refractivity contribution is 8.03. The summed E-state index contributed by atoms with van der Waals surface area (Å²) in [4.78, 5) is 3.05. The molecule has 3 N–H and O–H groups in total. The van der Waals surface area contributed by atoms with Crippen LogP contribution in [0.5, 0.6) is 0 Å². The lowest BCUT2D eigenvalue weighted by Gasteiger charge is -2.22. The van der Waals surface area contributed by atoms with Gasteiger partial charge >= 0.3 is 0 Å². The summed E-state index contributed by atoms with van der Waals surface area (Å²) in [5.41, 5.74) is 9.01. The Hall–Kier alpha value is -3.46. The molecule has 0 fully saturated rings. The molecule has 6 rings (SSSR count). The van der Waals surface area contributed by atoms with E-state index in [-0.39, 0.29) is 18.6 Å². The molecule has 0 bridgehead atoms. The summed E-state index contributed by atoms with van der Waals surface area (Å²) in [6, 6.07) is 24.1. The molecule has 1 aromatic heterocycles. The van der Waals surface area contributed by atoms with Crippen LogP contribution in [0.15, 0.2) is 94.5 Å². The fourth-order valence-electron chi connectivity index (χ4n) is 5.54. The predicted molar refractivity (Wildman–Crippen MR) is 177 cm³/mol. The molecule has 5 aromatic rings. The zero-order valence-corrected chi connectivity index (χ0v) is 26.7. The summed E-state index contributed by atoms with van der Waals surface area (Å²) in [6.07, 6.45) is 4.07. The molecule has 1 aliphatic heterocycles. The Kier molecular flexibility index (Phi) is 8.44. The van der Waals surface area contributed by atoms with Crippen LogP contribution in [0.25, 0.3) is 37.8 Å². The molecule has 2 heterocycles. The highest BCUT2D eigenvalue weighted by Gasteiger charge is 2.28. The highest BCUT2D eigenvalue weighted by atomic mass is 32.2. The smallest absolute Gasteiger partial charge is 0.264 e. The minimum Gasteiger partial charge on any atom is -0.748 e. The number of aromatic nitrogens is 1. The Labute approximate surface area is 263 Å². The second-order valence-electron chi connectivity index (χ2n) is 10.5. The van der Waals surface area contributed by atoms with E-state index in [2.05, 4.69) is 0 Å². The van der Waals surface area contributed by atoms with Crippen molar-refractivity contribution in [2.45, 2.75) is 24.3 Å². The monoisotopic (exact) mass is 667 g/mol. The summed E-state index contributed by atoms with van der Waals surface area (Å²) in [5.74, 6) is -0.826. The third-order valence-corrected chi connectivity index (χ3v) is 11.2. The van der Waals surface area contributed by atoms with Crippen molar-refractivity contribution in [3.8, 4) is 0 Å². The van der Waals surface area contributed by atoms with Gasteiger partial charge in [0, 0.05) is 40.8 Å². The Morgan fingerprint density at radius 3 is 2.32 bits per heavy atom. The molecule has 0 amide bonds. The number of anilines is 1. The number of hydrogen-bond donors (Lipinski definition) is 2. The maximum atomic E-state index is 11.5. The van der Waals surface area contributed by atoms with Crippen LogP contribution in [-0.4, -0.2) is 44.0 Å². The summed E-state index contributed by atoms with van der Waals surface area (Å²) in [7, 11) is -8.48. The van der Waals surface area contributed by atoms with Crippen molar-refractivity contribution in [3.63, 3.8) is 0 Å². The molecule has 228 valence electrons. The van der Waals surface area contributed by atoms with Crippen LogP contribution < -0.4 is 15.2 Å². The van der Waals surface area contributed by atoms with E-state index in [1.54, 1.807) is 0 Å². The molecule has 0 unspecified atom stereocenters. The van der Waals surface area contributed by atoms with Gasteiger partial charge in [0.2, 0.25) is 5.52 Å². The predicted octanol–water partition coefficient (Wildman–Crippen LogP) is 5.46. The number of aryl methyl sites for hydroxylation is 1. The van der Waals surface area contributed by atoms with Crippen LogP contribution in [0, 0.1) is 0 Å². The standard InChI is InChI=1S/C31H29N3O6S4/c32-23(19-28-33(15-5-17-43(35,36)37)30-24-9-3-1-7-21(24)11-13-26(30)41-28)20-29-34(16-6-18-44(38,39)40)31-25-10-4-2-8-22(25)12-14-27(31)42-29/h1-4,7-14,19-20,32H,5-6,15-18H2,(H2,35,36,37,38,39,40)/b28-19-. The second kappa shape index (κ2) is 12.1. The Morgan fingerprint density at radius 1 is 0.909 bits per heavy atom. The van der Waals surface area contributed by atoms with Crippen molar-refractivity contribution in [3.05, 3.63) is 94.6 Å². The number of benzene rings is 4. The van der Waals surface area contributed by atoms with Gasteiger partial charge in [-0.25, -0.2) is 8.42 Å². The van der Waals surface area contributed by atoms with Gasteiger partial charge in [0.15, 0.2) is 6.54 Å². The third-order valence-electron chi connectivity index (χ3n) is 7.37. The third kappa shape index (κ3) is 6.63. The van der Waals surface area contributed by atoms with E-state index in [0.29, 0.717) is 18.8 Å². The topological polar surface area (TPSA) is 145 Å². The quantitative estimate of drug-likeness (QED) is 0.146. The Bertz CT molecular complexity index is 2190. The zero-order chi connectivity index (χ0) is 31.1. The van der Waals surface area contributed by atoms with E-state index in [4.69, 9.17) is 5.73 Å².